The van der Waals surface area contributed by atoms with Gasteiger partial charge in [-0.1, -0.05) is 38.8 Å². The molecule has 0 radical (unpaired) electrons. The third kappa shape index (κ3) is 6.62. The summed E-state index contributed by atoms with van der Waals surface area (Å²) in [5, 5.41) is 3.16. The highest BCUT2D eigenvalue weighted by molar-refractivity contribution is 6.29. The summed E-state index contributed by atoms with van der Waals surface area (Å²) in [5.41, 5.74) is 0.478. The Bertz CT molecular complexity index is 465. The Balaban J connectivity index is 2.57. The molecule has 1 amide bonds. The molecule has 0 spiro atoms. The van der Waals surface area contributed by atoms with Gasteiger partial charge in [-0.25, -0.2) is 4.98 Å². The number of aromatic nitrogens is 1. The lowest BCUT2D eigenvalue weighted by Gasteiger charge is -2.18. The van der Waals surface area contributed by atoms with Crippen molar-refractivity contribution in [1.29, 1.82) is 0 Å². The number of nitrogens with zero attached hydrogens (tertiary/aromatic N) is 2. The minimum Gasteiger partial charge on any atom is -0.478 e. The molecule has 1 heterocycles. The molecule has 1 aromatic heterocycles. The highest BCUT2D eigenvalue weighted by Crippen LogP contribution is 2.16. The summed E-state index contributed by atoms with van der Waals surface area (Å²) in [6.45, 7) is 10.3. The fourth-order valence-corrected chi connectivity index (χ4v) is 2.17. The fraction of sp³-hybridized carbons (Fsp3) is 0.625. The van der Waals surface area contributed by atoms with Crippen molar-refractivity contribution < 1.29 is 9.53 Å². The summed E-state index contributed by atoms with van der Waals surface area (Å²) in [6.07, 6.45) is 1.98. The lowest BCUT2D eigenvalue weighted by Crippen LogP contribution is -2.34. The van der Waals surface area contributed by atoms with Crippen molar-refractivity contribution in [1.82, 2.24) is 15.2 Å². The Hall–Kier alpha value is -1.33. The molecule has 1 N–H and O–H groups in total. The largest absolute Gasteiger partial charge is 0.478 e. The first kappa shape index (κ1) is 18.7. The van der Waals surface area contributed by atoms with E-state index >= 15 is 0 Å². The van der Waals surface area contributed by atoms with Crippen molar-refractivity contribution >= 4 is 17.5 Å². The van der Waals surface area contributed by atoms with Crippen molar-refractivity contribution in [2.45, 2.75) is 33.6 Å². The number of likely N-dealkylation sites (N-methyl/N-ethyl adjacent to an activating group) is 1. The highest BCUT2D eigenvalue weighted by atomic mass is 35.5. The van der Waals surface area contributed by atoms with E-state index in [0.717, 1.165) is 32.5 Å². The predicted molar refractivity (Wildman–Crippen MR) is 89.8 cm³/mol. The zero-order chi connectivity index (χ0) is 16.4. The van der Waals surface area contributed by atoms with E-state index in [2.05, 4.69) is 36.0 Å². The molecule has 0 aromatic carbocycles. The molecular weight excluding hydrogens is 302 g/mol. The number of nitrogens with one attached hydrogen (secondary N) is 1. The molecule has 0 aliphatic rings. The quantitative estimate of drug-likeness (QED) is 0.530. The molecule has 0 aliphatic heterocycles. The fourth-order valence-electron chi connectivity index (χ4n) is 1.97. The van der Waals surface area contributed by atoms with Gasteiger partial charge in [0, 0.05) is 24.7 Å². The molecule has 0 aliphatic carbocycles. The van der Waals surface area contributed by atoms with Gasteiger partial charge in [0.2, 0.25) is 5.88 Å². The molecule has 0 bridgehead atoms. The van der Waals surface area contributed by atoms with E-state index in [-0.39, 0.29) is 11.1 Å². The van der Waals surface area contributed by atoms with Crippen molar-refractivity contribution in [3.05, 3.63) is 22.8 Å². The monoisotopic (exact) mass is 327 g/mol. The second-order valence-electron chi connectivity index (χ2n) is 5.00. The van der Waals surface area contributed by atoms with E-state index in [1.165, 1.54) is 0 Å². The first-order chi connectivity index (χ1) is 10.6. The summed E-state index contributed by atoms with van der Waals surface area (Å²) >= 11 is 5.96. The average Bonchev–Trinajstić information content (AvgIpc) is 2.51. The first-order valence-corrected chi connectivity index (χ1v) is 8.29. The standard InChI is InChI=1S/C16H26ClN3O2/c1-4-7-10-22-15-12-13(11-14(17)19-15)16(21)18-8-9-20(5-2)6-3/h11-12H,4-10H2,1-3H3,(H,18,21). The van der Waals surface area contributed by atoms with Gasteiger partial charge in [-0.05, 0) is 25.6 Å². The SMILES string of the molecule is CCCCOc1cc(C(=O)NCCN(CC)CC)cc(Cl)n1. The summed E-state index contributed by atoms with van der Waals surface area (Å²) in [7, 11) is 0. The van der Waals surface area contributed by atoms with Crippen LogP contribution < -0.4 is 10.1 Å². The zero-order valence-corrected chi connectivity index (χ0v) is 14.4. The Morgan fingerprint density at radius 2 is 2.05 bits per heavy atom. The van der Waals surface area contributed by atoms with Crippen molar-refractivity contribution in [2.75, 3.05) is 32.8 Å². The second kappa shape index (κ2) is 10.4. The van der Waals surface area contributed by atoms with Gasteiger partial charge in [0.15, 0.2) is 0 Å². The van der Waals surface area contributed by atoms with Crippen LogP contribution in [0.25, 0.3) is 0 Å². The van der Waals surface area contributed by atoms with Crippen molar-refractivity contribution in [3.63, 3.8) is 0 Å². The number of unbranched alkanes of at least 4 members (excludes halogenated alkanes) is 1. The molecule has 0 saturated heterocycles. The smallest absolute Gasteiger partial charge is 0.251 e. The highest BCUT2D eigenvalue weighted by Gasteiger charge is 2.10. The van der Waals surface area contributed by atoms with Crippen LogP contribution in [0.2, 0.25) is 5.15 Å². The first-order valence-electron chi connectivity index (χ1n) is 7.91. The van der Waals surface area contributed by atoms with Gasteiger partial charge < -0.3 is 15.0 Å². The van der Waals surface area contributed by atoms with Crippen LogP contribution in [0, 0.1) is 0 Å². The summed E-state index contributed by atoms with van der Waals surface area (Å²) in [5.74, 6) is 0.242. The van der Waals surface area contributed by atoms with Gasteiger partial charge in [-0.2, -0.15) is 0 Å². The minimum absolute atomic E-state index is 0.156. The van der Waals surface area contributed by atoms with Gasteiger partial charge in [-0.3, -0.25) is 4.79 Å². The topological polar surface area (TPSA) is 54.5 Å². The van der Waals surface area contributed by atoms with E-state index in [0.29, 0.717) is 24.6 Å². The summed E-state index contributed by atoms with van der Waals surface area (Å²) in [6, 6.07) is 3.19. The molecule has 1 aromatic rings. The normalized spacial score (nSPS) is 10.8. The summed E-state index contributed by atoms with van der Waals surface area (Å²) in [4.78, 5) is 18.5. The number of hydrogen-bond acceptors (Lipinski definition) is 4. The summed E-state index contributed by atoms with van der Waals surface area (Å²) < 4.78 is 5.51. The Morgan fingerprint density at radius 1 is 1.32 bits per heavy atom. The predicted octanol–water partition coefficient (Wildman–Crippen LogP) is 2.99. The number of carbonyl (C=O) groups is 1. The van der Waals surface area contributed by atoms with Crippen LogP contribution in [0.1, 0.15) is 44.0 Å². The van der Waals surface area contributed by atoms with E-state index in [9.17, 15) is 4.79 Å². The van der Waals surface area contributed by atoms with Crippen LogP contribution in [0.4, 0.5) is 0 Å². The molecule has 6 heteroatoms. The molecule has 0 fully saturated rings. The average molecular weight is 328 g/mol. The number of carbonyl (C=O) groups excluding carboxylic acids is 1. The van der Waals surface area contributed by atoms with E-state index in [1.807, 2.05) is 0 Å². The Morgan fingerprint density at radius 3 is 2.68 bits per heavy atom. The number of rotatable bonds is 10. The van der Waals surface area contributed by atoms with E-state index in [4.69, 9.17) is 16.3 Å². The van der Waals surface area contributed by atoms with Gasteiger partial charge in [-0.15, -0.1) is 0 Å². The maximum atomic E-state index is 12.2. The number of pyridine rings is 1. The Labute approximate surface area is 138 Å². The molecule has 1 rings (SSSR count). The number of ether oxygens (including phenoxy) is 1. The number of amides is 1. The third-order valence-corrected chi connectivity index (χ3v) is 3.58. The molecular formula is C16H26ClN3O2. The molecule has 22 heavy (non-hydrogen) atoms. The van der Waals surface area contributed by atoms with E-state index < -0.39 is 0 Å². The third-order valence-electron chi connectivity index (χ3n) is 3.39. The molecule has 0 saturated carbocycles. The van der Waals surface area contributed by atoms with E-state index in [1.54, 1.807) is 12.1 Å². The number of halogens is 1. The minimum atomic E-state index is -0.156. The maximum Gasteiger partial charge on any atom is 0.251 e. The molecule has 0 atom stereocenters. The van der Waals surface area contributed by atoms with Gasteiger partial charge >= 0.3 is 0 Å². The maximum absolute atomic E-state index is 12.2. The number of hydrogen-bond donors (Lipinski definition) is 1. The Kier molecular flexibility index (Phi) is 8.85. The molecule has 5 nitrogen and oxygen atoms in total. The van der Waals surface area contributed by atoms with Crippen molar-refractivity contribution in [3.8, 4) is 5.88 Å². The van der Waals surface area contributed by atoms with Crippen LogP contribution >= 0.6 is 11.6 Å². The molecule has 124 valence electrons. The van der Waals surface area contributed by atoms with Crippen LogP contribution in [0.3, 0.4) is 0 Å². The van der Waals surface area contributed by atoms with Crippen LogP contribution in [-0.4, -0.2) is 48.6 Å². The van der Waals surface area contributed by atoms with Gasteiger partial charge in [0.05, 0.1) is 6.61 Å². The van der Waals surface area contributed by atoms with Crippen LogP contribution in [-0.2, 0) is 0 Å². The van der Waals surface area contributed by atoms with Crippen LogP contribution in [0.5, 0.6) is 5.88 Å². The van der Waals surface area contributed by atoms with Gasteiger partial charge in [0.1, 0.15) is 5.15 Å². The lowest BCUT2D eigenvalue weighted by molar-refractivity contribution is 0.0948. The van der Waals surface area contributed by atoms with Crippen molar-refractivity contribution in [2.24, 2.45) is 0 Å². The van der Waals surface area contributed by atoms with Crippen LogP contribution in [0.15, 0.2) is 12.1 Å². The molecule has 0 unspecified atom stereocenters. The zero-order valence-electron chi connectivity index (χ0n) is 13.7. The lowest BCUT2D eigenvalue weighted by atomic mass is 10.2. The van der Waals surface area contributed by atoms with Gasteiger partial charge in [0.25, 0.3) is 5.91 Å². The second-order valence-corrected chi connectivity index (χ2v) is 5.39.